The van der Waals surface area contributed by atoms with E-state index in [2.05, 4.69) is 5.32 Å². The van der Waals surface area contributed by atoms with Gasteiger partial charge in [0.05, 0.1) is 17.9 Å². The molecule has 0 radical (unpaired) electrons. The Bertz CT molecular complexity index is 941. The Kier molecular flexibility index (Phi) is 7.13. The van der Waals surface area contributed by atoms with Gasteiger partial charge in [0.1, 0.15) is 5.75 Å². The van der Waals surface area contributed by atoms with Gasteiger partial charge in [0.25, 0.3) is 5.91 Å². The molecule has 1 amide bonds. The number of esters is 1. The molecule has 2 aromatic rings. The van der Waals surface area contributed by atoms with Gasteiger partial charge in [0.15, 0.2) is 6.10 Å². The molecule has 150 valence electrons. The number of ether oxygens (including phenoxy) is 2. The molecule has 0 aliphatic heterocycles. The van der Waals surface area contributed by atoms with Crippen LogP contribution >= 0.6 is 0 Å². The minimum Gasteiger partial charge on any atom is -0.493 e. The zero-order chi connectivity index (χ0) is 20.7. The molecule has 3 N–H and O–H groups in total. The van der Waals surface area contributed by atoms with Gasteiger partial charge in [-0.05, 0) is 49.7 Å². The third kappa shape index (κ3) is 6.36. The Morgan fingerprint density at radius 2 is 1.75 bits per heavy atom. The number of primary sulfonamides is 1. The molecule has 2 rings (SSSR count). The van der Waals surface area contributed by atoms with Gasteiger partial charge in [-0.25, -0.2) is 13.6 Å². The van der Waals surface area contributed by atoms with Crippen molar-refractivity contribution in [3.63, 3.8) is 0 Å². The van der Waals surface area contributed by atoms with Gasteiger partial charge in [-0.3, -0.25) is 9.59 Å². The highest BCUT2D eigenvalue weighted by atomic mass is 32.2. The van der Waals surface area contributed by atoms with E-state index in [0.717, 1.165) is 5.56 Å². The number of carbonyl (C=O) groups excluding carboxylic acids is 2. The van der Waals surface area contributed by atoms with Gasteiger partial charge in [-0.1, -0.05) is 18.2 Å². The number of hydrogen-bond donors (Lipinski definition) is 2. The van der Waals surface area contributed by atoms with Crippen molar-refractivity contribution in [3.05, 3.63) is 54.1 Å². The first-order valence-electron chi connectivity index (χ1n) is 8.48. The van der Waals surface area contributed by atoms with Crippen LogP contribution in [0.2, 0.25) is 0 Å². The van der Waals surface area contributed by atoms with Crippen molar-refractivity contribution in [1.29, 1.82) is 0 Å². The third-order valence-corrected chi connectivity index (χ3v) is 4.71. The van der Waals surface area contributed by atoms with Gasteiger partial charge < -0.3 is 14.8 Å². The molecule has 1 atom stereocenters. The lowest BCUT2D eigenvalue weighted by Crippen LogP contribution is -2.30. The van der Waals surface area contributed by atoms with Crippen LogP contribution in [0.5, 0.6) is 5.75 Å². The van der Waals surface area contributed by atoms with Crippen LogP contribution in [-0.4, -0.2) is 33.0 Å². The number of aryl methyl sites for hydroxylation is 1. The van der Waals surface area contributed by atoms with Crippen molar-refractivity contribution in [2.24, 2.45) is 5.14 Å². The Morgan fingerprint density at radius 1 is 1.11 bits per heavy atom. The van der Waals surface area contributed by atoms with E-state index in [0.29, 0.717) is 11.4 Å². The van der Waals surface area contributed by atoms with E-state index in [4.69, 9.17) is 14.6 Å². The molecule has 0 heterocycles. The summed E-state index contributed by atoms with van der Waals surface area (Å²) in [4.78, 5) is 23.9. The monoisotopic (exact) mass is 406 g/mol. The molecular weight excluding hydrogens is 384 g/mol. The Morgan fingerprint density at radius 3 is 2.36 bits per heavy atom. The third-order valence-electron chi connectivity index (χ3n) is 3.79. The SMILES string of the molecule is Cc1ccccc1OCCC(=O)O[C@H](C)C(=O)Nc1ccc(S(N)(=O)=O)cc1. The quantitative estimate of drug-likeness (QED) is 0.646. The Hall–Kier alpha value is -2.91. The molecule has 0 bridgehead atoms. The van der Waals surface area contributed by atoms with Crippen LogP contribution in [0.1, 0.15) is 18.9 Å². The highest BCUT2D eigenvalue weighted by Crippen LogP contribution is 2.16. The lowest BCUT2D eigenvalue weighted by atomic mass is 10.2. The van der Waals surface area contributed by atoms with E-state index >= 15 is 0 Å². The minimum absolute atomic E-state index is 0.00495. The Labute approximate surface area is 163 Å². The maximum atomic E-state index is 12.1. The molecule has 0 aliphatic rings. The smallest absolute Gasteiger partial charge is 0.310 e. The van der Waals surface area contributed by atoms with E-state index in [-0.39, 0.29) is 17.9 Å². The molecule has 0 aromatic heterocycles. The summed E-state index contributed by atoms with van der Waals surface area (Å²) in [6.07, 6.45) is -1.03. The van der Waals surface area contributed by atoms with Gasteiger partial charge in [-0.15, -0.1) is 0 Å². The van der Waals surface area contributed by atoms with Crippen LogP contribution in [0.15, 0.2) is 53.4 Å². The van der Waals surface area contributed by atoms with Crippen LogP contribution in [0, 0.1) is 6.92 Å². The number of nitrogens with one attached hydrogen (secondary N) is 1. The van der Waals surface area contributed by atoms with Gasteiger partial charge in [-0.2, -0.15) is 0 Å². The number of anilines is 1. The number of benzene rings is 2. The van der Waals surface area contributed by atoms with Gasteiger partial charge in [0.2, 0.25) is 10.0 Å². The normalized spacial score (nSPS) is 12.1. The van der Waals surface area contributed by atoms with E-state index < -0.39 is 28.0 Å². The maximum absolute atomic E-state index is 12.1. The van der Waals surface area contributed by atoms with Crippen molar-refractivity contribution in [1.82, 2.24) is 0 Å². The highest BCUT2D eigenvalue weighted by Gasteiger charge is 2.18. The standard InChI is InChI=1S/C19H22N2O6S/c1-13-5-3-4-6-17(13)26-12-11-18(22)27-14(2)19(23)21-15-7-9-16(10-8-15)28(20,24)25/h3-10,14H,11-12H2,1-2H3,(H,21,23)(H2,20,24,25)/t14-/m1/s1. The number of sulfonamides is 1. The fourth-order valence-electron chi connectivity index (χ4n) is 2.24. The number of rotatable bonds is 8. The van der Waals surface area contributed by atoms with Crippen molar-refractivity contribution in [2.45, 2.75) is 31.3 Å². The zero-order valence-corrected chi connectivity index (χ0v) is 16.4. The van der Waals surface area contributed by atoms with Gasteiger partial charge in [0, 0.05) is 5.69 Å². The molecular formula is C19H22N2O6S. The largest absolute Gasteiger partial charge is 0.493 e. The van der Waals surface area contributed by atoms with Crippen molar-refractivity contribution in [3.8, 4) is 5.75 Å². The molecule has 0 aliphatic carbocycles. The predicted molar refractivity (Wildman–Crippen MR) is 103 cm³/mol. The molecule has 28 heavy (non-hydrogen) atoms. The summed E-state index contributed by atoms with van der Waals surface area (Å²) >= 11 is 0. The number of carbonyl (C=O) groups is 2. The number of nitrogens with two attached hydrogens (primary N) is 1. The van der Waals surface area contributed by atoms with Crippen molar-refractivity contribution >= 4 is 27.6 Å². The zero-order valence-electron chi connectivity index (χ0n) is 15.5. The lowest BCUT2D eigenvalue weighted by Gasteiger charge is -2.14. The van der Waals surface area contributed by atoms with Crippen LogP contribution in [0.3, 0.4) is 0 Å². The second-order valence-corrected chi connectivity index (χ2v) is 7.62. The van der Waals surface area contributed by atoms with Crippen LogP contribution in [0.25, 0.3) is 0 Å². The molecule has 0 spiro atoms. The molecule has 0 fully saturated rings. The summed E-state index contributed by atoms with van der Waals surface area (Å²) in [7, 11) is -3.81. The van der Waals surface area contributed by atoms with E-state index in [1.807, 2.05) is 25.1 Å². The van der Waals surface area contributed by atoms with Crippen LogP contribution < -0.4 is 15.2 Å². The summed E-state index contributed by atoms with van der Waals surface area (Å²) in [5.41, 5.74) is 1.31. The topological polar surface area (TPSA) is 125 Å². The average Bonchev–Trinajstić information content (AvgIpc) is 2.63. The Balaban J connectivity index is 1.79. The summed E-state index contributed by atoms with van der Waals surface area (Å²) in [5, 5.41) is 7.55. The average molecular weight is 406 g/mol. The van der Waals surface area contributed by atoms with Crippen molar-refractivity contribution < 1.29 is 27.5 Å². The van der Waals surface area contributed by atoms with Gasteiger partial charge >= 0.3 is 5.97 Å². The summed E-state index contributed by atoms with van der Waals surface area (Å²) < 4.78 is 33.0. The highest BCUT2D eigenvalue weighted by molar-refractivity contribution is 7.89. The molecule has 0 saturated heterocycles. The van der Waals surface area contributed by atoms with Crippen LogP contribution in [0.4, 0.5) is 5.69 Å². The van der Waals surface area contributed by atoms with Crippen LogP contribution in [-0.2, 0) is 24.3 Å². The lowest BCUT2D eigenvalue weighted by molar-refractivity contribution is -0.153. The first-order chi connectivity index (χ1) is 13.2. The fraction of sp³-hybridized carbons (Fsp3) is 0.263. The maximum Gasteiger partial charge on any atom is 0.310 e. The predicted octanol–water partition coefficient (Wildman–Crippen LogP) is 1.98. The van der Waals surface area contributed by atoms with E-state index in [1.165, 1.54) is 31.2 Å². The summed E-state index contributed by atoms with van der Waals surface area (Å²) in [6.45, 7) is 3.47. The van der Waals surface area contributed by atoms with E-state index in [9.17, 15) is 18.0 Å². The van der Waals surface area contributed by atoms with E-state index in [1.54, 1.807) is 6.07 Å². The molecule has 0 unspecified atom stereocenters. The first-order valence-corrected chi connectivity index (χ1v) is 10.0. The molecule has 0 saturated carbocycles. The molecule has 9 heteroatoms. The fourth-order valence-corrected chi connectivity index (χ4v) is 2.76. The first kappa shape index (κ1) is 21.4. The number of amides is 1. The number of para-hydroxylation sites is 1. The number of hydrogen-bond acceptors (Lipinski definition) is 6. The second-order valence-electron chi connectivity index (χ2n) is 6.05. The molecule has 8 nitrogen and oxygen atoms in total. The van der Waals surface area contributed by atoms with Crippen molar-refractivity contribution in [2.75, 3.05) is 11.9 Å². The summed E-state index contributed by atoms with van der Waals surface area (Å²) in [6, 6.07) is 12.7. The molecule has 2 aromatic carbocycles. The minimum atomic E-state index is -3.81. The second kappa shape index (κ2) is 9.34. The summed E-state index contributed by atoms with van der Waals surface area (Å²) in [5.74, 6) is -0.429.